The highest BCUT2D eigenvalue weighted by molar-refractivity contribution is 9.10. The second kappa shape index (κ2) is 5.19. The molecule has 1 N–H and O–H groups in total. The van der Waals surface area contributed by atoms with E-state index in [0.29, 0.717) is 5.56 Å². The number of carbonyl (C=O) groups excluding carboxylic acids is 1. The molecule has 0 aliphatic carbocycles. The standard InChI is InChI=1S/C11H11BrClNO3S/c12-8-3-1-7(2-4-8)11(15)14-10-6-18(16,17)5-9(10)13/h1-4,9-10H,5-6H2,(H,14,15). The molecular weight excluding hydrogens is 342 g/mol. The van der Waals surface area contributed by atoms with Gasteiger partial charge in [0.15, 0.2) is 9.84 Å². The fourth-order valence-electron chi connectivity index (χ4n) is 1.79. The van der Waals surface area contributed by atoms with Gasteiger partial charge in [-0.2, -0.15) is 0 Å². The highest BCUT2D eigenvalue weighted by Gasteiger charge is 2.37. The molecule has 0 radical (unpaired) electrons. The first-order valence-electron chi connectivity index (χ1n) is 5.28. The SMILES string of the molecule is O=C(NC1CS(=O)(=O)CC1Cl)c1ccc(Br)cc1. The van der Waals surface area contributed by atoms with Gasteiger partial charge in [0, 0.05) is 10.0 Å². The van der Waals surface area contributed by atoms with Crippen LogP contribution in [0.15, 0.2) is 28.7 Å². The van der Waals surface area contributed by atoms with Gasteiger partial charge in [-0.25, -0.2) is 8.42 Å². The van der Waals surface area contributed by atoms with Crippen molar-refractivity contribution in [3.05, 3.63) is 34.3 Å². The summed E-state index contributed by atoms with van der Waals surface area (Å²) in [6.45, 7) is 0. The van der Waals surface area contributed by atoms with E-state index >= 15 is 0 Å². The molecule has 4 nitrogen and oxygen atoms in total. The smallest absolute Gasteiger partial charge is 0.251 e. The van der Waals surface area contributed by atoms with Crippen molar-refractivity contribution >= 4 is 43.3 Å². The predicted octanol–water partition coefficient (Wildman–Crippen LogP) is 1.58. The predicted molar refractivity (Wildman–Crippen MR) is 73.7 cm³/mol. The van der Waals surface area contributed by atoms with Crippen LogP contribution in [0.2, 0.25) is 0 Å². The molecule has 2 rings (SSSR count). The Morgan fingerprint density at radius 1 is 1.28 bits per heavy atom. The van der Waals surface area contributed by atoms with E-state index in [1.807, 2.05) is 0 Å². The van der Waals surface area contributed by atoms with Gasteiger partial charge in [0.05, 0.1) is 22.9 Å². The number of hydrogen-bond donors (Lipinski definition) is 1. The highest BCUT2D eigenvalue weighted by Crippen LogP contribution is 2.18. The zero-order valence-electron chi connectivity index (χ0n) is 9.27. The zero-order valence-corrected chi connectivity index (χ0v) is 12.4. The number of hydrogen-bond acceptors (Lipinski definition) is 3. The van der Waals surface area contributed by atoms with Crippen LogP contribution in [-0.4, -0.2) is 37.2 Å². The van der Waals surface area contributed by atoms with E-state index in [-0.39, 0.29) is 17.4 Å². The lowest BCUT2D eigenvalue weighted by Gasteiger charge is -2.14. The minimum Gasteiger partial charge on any atom is -0.347 e. The van der Waals surface area contributed by atoms with Gasteiger partial charge in [-0.1, -0.05) is 15.9 Å². The van der Waals surface area contributed by atoms with Crippen LogP contribution in [0, 0.1) is 0 Å². The van der Waals surface area contributed by atoms with Gasteiger partial charge in [-0.15, -0.1) is 11.6 Å². The number of carbonyl (C=O) groups is 1. The van der Waals surface area contributed by atoms with Crippen LogP contribution in [0.5, 0.6) is 0 Å². The van der Waals surface area contributed by atoms with Gasteiger partial charge in [-0.05, 0) is 24.3 Å². The van der Waals surface area contributed by atoms with Gasteiger partial charge in [-0.3, -0.25) is 4.79 Å². The summed E-state index contributed by atoms with van der Waals surface area (Å²) >= 11 is 9.19. The molecule has 0 saturated carbocycles. The number of alkyl halides is 1. The van der Waals surface area contributed by atoms with E-state index < -0.39 is 21.3 Å². The summed E-state index contributed by atoms with van der Waals surface area (Å²) in [5.41, 5.74) is 0.478. The monoisotopic (exact) mass is 351 g/mol. The maximum absolute atomic E-state index is 11.9. The number of sulfone groups is 1. The van der Waals surface area contributed by atoms with Crippen LogP contribution < -0.4 is 5.32 Å². The van der Waals surface area contributed by atoms with Gasteiger partial charge in [0.2, 0.25) is 0 Å². The van der Waals surface area contributed by atoms with Gasteiger partial charge >= 0.3 is 0 Å². The minimum atomic E-state index is -3.13. The third-order valence-electron chi connectivity index (χ3n) is 2.71. The van der Waals surface area contributed by atoms with Crippen molar-refractivity contribution in [2.24, 2.45) is 0 Å². The van der Waals surface area contributed by atoms with E-state index in [0.717, 1.165) is 4.47 Å². The van der Waals surface area contributed by atoms with Crippen LogP contribution in [0.25, 0.3) is 0 Å². The molecule has 2 atom stereocenters. The average Bonchev–Trinajstić information content (AvgIpc) is 2.52. The van der Waals surface area contributed by atoms with Crippen molar-refractivity contribution in [3.8, 4) is 0 Å². The van der Waals surface area contributed by atoms with Gasteiger partial charge in [0.25, 0.3) is 5.91 Å². The molecule has 1 heterocycles. The maximum Gasteiger partial charge on any atom is 0.251 e. The number of amides is 1. The van der Waals surface area contributed by atoms with Crippen LogP contribution in [0.1, 0.15) is 10.4 Å². The molecular formula is C11H11BrClNO3S. The molecule has 98 valence electrons. The van der Waals surface area contributed by atoms with Crippen LogP contribution in [0.3, 0.4) is 0 Å². The Morgan fingerprint density at radius 3 is 2.39 bits per heavy atom. The lowest BCUT2D eigenvalue weighted by atomic mass is 10.2. The lowest BCUT2D eigenvalue weighted by molar-refractivity contribution is 0.0941. The molecule has 1 fully saturated rings. The Labute approximate surface area is 119 Å². The molecule has 1 aromatic carbocycles. The molecule has 18 heavy (non-hydrogen) atoms. The van der Waals surface area contributed by atoms with Crippen molar-refractivity contribution in [1.82, 2.24) is 5.32 Å². The number of nitrogens with one attached hydrogen (secondary N) is 1. The molecule has 2 unspecified atom stereocenters. The minimum absolute atomic E-state index is 0.0835. The highest BCUT2D eigenvalue weighted by atomic mass is 79.9. The molecule has 1 aliphatic heterocycles. The lowest BCUT2D eigenvalue weighted by Crippen LogP contribution is -2.40. The number of benzene rings is 1. The molecule has 0 spiro atoms. The molecule has 1 aromatic rings. The van der Waals surface area contributed by atoms with Crippen molar-refractivity contribution in [1.29, 1.82) is 0 Å². The van der Waals surface area contributed by atoms with Crippen molar-refractivity contribution in [2.75, 3.05) is 11.5 Å². The average molecular weight is 353 g/mol. The third-order valence-corrected chi connectivity index (χ3v) is 5.61. The first-order valence-corrected chi connectivity index (χ1v) is 8.33. The van der Waals surface area contributed by atoms with Gasteiger partial charge in [0.1, 0.15) is 0 Å². The van der Waals surface area contributed by atoms with Crippen molar-refractivity contribution < 1.29 is 13.2 Å². The zero-order chi connectivity index (χ0) is 13.3. The summed E-state index contributed by atoms with van der Waals surface area (Å²) in [5.74, 6) is -0.487. The summed E-state index contributed by atoms with van der Waals surface area (Å²) in [6, 6.07) is 6.29. The maximum atomic E-state index is 11.9. The van der Waals surface area contributed by atoms with E-state index in [1.54, 1.807) is 24.3 Å². The summed E-state index contributed by atoms with van der Waals surface area (Å²) in [5, 5.41) is 2.09. The second-order valence-electron chi connectivity index (χ2n) is 4.18. The van der Waals surface area contributed by atoms with E-state index in [9.17, 15) is 13.2 Å². The second-order valence-corrected chi connectivity index (χ2v) is 7.81. The summed E-state index contributed by atoms with van der Waals surface area (Å²) in [4.78, 5) is 11.9. The summed E-state index contributed by atoms with van der Waals surface area (Å²) < 4.78 is 23.6. The first kappa shape index (κ1) is 13.8. The third kappa shape index (κ3) is 3.24. The van der Waals surface area contributed by atoms with E-state index in [1.165, 1.54) is 0 Å². The Morgan fingerprint density at radius 2 is 1.89 bits per heavy atom. The van der Waals surface area contributed by atoms with E-state index in [4.69, 9.17) is 11.6 Å². The molecule has 1 saturated heterocycles. The van der Waals surface area contributed by atoms with Crippen molar-refractivity contribution in [2.45, 2.75) is 11.4 Å². The van der Waals surface area contributed by atoms with Gasteiger partial charge < -0.3 is 5.32 Å². The molecule has 7 heteroatoms. The quantitative estimate of drug-likeness (QED) is 0.822. The largest absolute Gasteiger partial charge is 0.347 e. The Balaban J connectivity index is 2.06. The normalized spacial score (nSPS) is 25.9. The Bertz CT molecular complexity index is 558. The summed E-state index contributed by atoms with van der Waals surface area (Å²) in [6.07, 6.45) is 0. The van der Waals surface area contributed by atoms with E-state index in [2.05, 4.69) is 21.2 Å². The van der Waals surface area contributed by atoms with Crippen LogP contribution >= 0.6 is 27.5 Å². The first-order chi connectivity index (χ1) is 8.37. The number of halogens is 2. The Hall–Kier alpha value is -0.590. The fourth-order valence-corrected chi connectivity index (χ4v) is 4.60. The Kier molecular flexibility index (Phi) is 3.99. The molecule has 1 amide bonds. The number of rotatable bonds is 2. The molecule has 0 bridgehead atoms. The fraction of sp³-hybridized carbons (Fsp3) is 0.364. The van der Waals surface area contributed by atoms with Crippen molar-refractivity contribution in [3.63, 3.8) is 0 Å². The topological polar surface area (TPSA) is 63.2 Å². The molecule has 1 aliphatic rings. The van der Waals surface area contributed by atoms with Crippen LogP contribution in [0.4, 0.5) is 0 Å². The molecule has 0 aromatic heterocycles. The van der Waals surface area contributed by atoms with Crippen LogP contribution in [-0.2, 0) is 9.84 Å². The summed E-state index contributed by atoms with van der Waals surface area (Å²) in [7, 11) is -3.13.